The van der Waals surface area contributed by atoms with Gasteiger partial charge in [0.15, 0.2) is 0 Å². The van der Waals surface area contributed by atoms with E-state index in [-0.39, 0.29) is 11.9 Å². The first-order chi connectivity index (χ1) is 7.61. The quantitative estimate of drug-likeness (QED) is 0.454. The van der Waals surface area contributed by atoms with E-state index in [1.54, 1.807) is 25.1 Å². The highest BCUT2D eigenvalue weighted by molar-refractivity contribution is 5.92. The predicted molar refractivity (Wildman–Crippen MR) is 66.3 cm³/mol. The third kappa shape index (κ3) is 3.89. The molecule has 3 nitrogen and oxygen atoms in total. The molecule has 82 valence electrons. The number of anilines is 1. The number of hydrogen-bond donors (Lipinski definition) is 2. The van der Waals surface area contributed by atoms with Crippen LogP contribution in [0.1, 0.15) is 12.5 Å². The SMILES string of the molecule is C#CC(C)NC(=O)/C=C/c1cccc(N)c1. The van der Waals surface area contributed by atoms with E-state index < -0.39 is 0 Å². The number of rotatable bonds is 3. The third-order valence-electron chi connectivity index (χ3n) is 1.95. The highest BCUT2D eigenvalue weighted by Crippen LogP contribution is 2.07. The van der Waals surface area contributed by atoms with Gasteiger partial charge < -0.3 is 11.1 Å². The number of hydrogen-bond acceptors (Lipinski definition) is 2. The van der Waals surface area contributed by atoms with Gasteiger partial charge >= 0.3 is 0 Å². The number of nitrogens with two attached hydrogens (primary N) is 1. The van der Waals surface area contributed by atoms with Gasteiger partial charge in [0, 0.05) is 11.8 Å². The van der Waals surface area contributed by atoms with E-state index in [9.17, 15) is 4.79 Å². The average molecular weight is 214 g/mol. The Kier molecular flexibility index (Phi) is 4.16. The van der Waals surface area contributed by atoms with Gasteiger partial charge in [-0.25, -0.2) is 0 Å². The molecule has 1 amide bonds. The smallest absolute Gasteiger partial charge is 0.244 e. The van der Waals surface area contributed by atoms with Crippen molar-refractivity contribution in [3.63, 3.8) is 0 Å². The summed E-state index contributed by atoms with van der Waals surface area (Å²) in [5, 5.41) is 2.62. The number of amides is 1. The lowest BCUT2D eigenvalue weighted by atomic mass is 10.2. The van der Waals surface area contributed by atoms with Crippen molar-refractivity contribution in [1.29, 1.82) is 0 Å². The normalized spacial score (nSPS) is 12.0. The van der Waals surface area contributed by atoms with E-state index in [0.29, 0.717) is 5.69 Å². The van der Waals surface area contributed by atoms with E-state index >= 15 is 0 Å². The van der Waals surface area contributed by atoms with Crippen molar-refractivity contribution in [2.45, 2.75) is 13.0 Å². The Labute approximate surface area is 95.3 Å². The molecule has 0 fully saturated rings. The maximum absolute atomic E-state index is 11.3. The van der Waals surface area contributed by atoms with Crippen molar-refractivity contribution in [3.8, 4) is 12.3 Å². The Hall–Kier alpha value is -2.21. The number of nitrogen functional groups attached to an aromatic ring is 1. The summed E-state index contributed by atoms with van der Waals surface area (Å²) >= 11 is 0. The highest BCUT2D eigenvalue weighted by atomic mass is 16.1. The summed E-state index contributed by atoms with van der Waals surface area (Å²) in [7, 11) is 0. The van der Waals surface area contributed by atoms with Gasteiger partial charge in [-0.1, -0.05) is 18.1 Å². The van der Waals surface area contributed by atoms with Crippen molar-refractivity contribution >= 4 is 17.7 Å². The highest BCUT2D eigenvalue weighted by Gasteiger charge is 1.99. The van der Waals surface area contributed by atoms with Crippen LogP contribution in [0.5, 0.6) is 0 Å². The lowest BCUT2D eigenvalue weighted by Gasteiger charge is -2.03. The Morgan fingerprint density at radius 3 is 3.00 bits per heavy atom. The van der Waals surface area contributed by atoms with E-state index in [2.05, 4.69) is 11.2 Å². The zero-order valence-corrected chi connectivity index (χ0v) is 9.10. The molecule has 0 aromatic heterocycles. The Balaban J connectivity index is 2.61. The number of carbonyl (C=O) groups is 1. The first-order valence-corrected chi connectivity index (χ1v) is 4.92. The van der Waals surface area contributed by atoms with E-state index in [1.807, 2.05) is 12.1 Å². The van der Waals surface area contributed by atoms with Crippen LogP contribution in [-0.4, -0.2) is 11.9 Å². The zero-order chi connectivity index (χ0) is 12.0. The number of benzene rings is 1. The second-order valence-electron chi connectivity index (χ2n) is 3.40. The van der Waals surface area contributed by atoms with E-state index in [0.717, 1.165) is 5.56 Å². The summed E-state index contributed by atoms with van der Waals surface area (Å²) in [6, 6.07) is 7.01. The molecule has 3 heteroatoms. The van der Waals surface area contributed by atoms with Gasteiger partial charge in [-0.2, -0.15) is 0 Å². The van der Waals surface area contributed by atoms with Gasteiger partial charge in [-0.3, -0.25) is 4.79 Å². The van der Waals surface area contributed by atoms with Crippen LogP contribution in [0.2, 0.25) is 0 Å². The fraction of sp³-hybridized carbons (Fsp3) is 0.154. The van der Waals surface area contributed by atoms with Crippen LogP contribution in [0.3, 0.4) is 0 Å². The maximum atomic E-state index is 11.3. The first-order valence-electron chi connectivity index (χ1n) is 4.92. The standard InChI is InChI=1S/C13H14N2O/c1-3-10(2)15-13(16)8-7-11-5-4-6-12(14)9-11/h1,4-10H,14H2,2H3,(H,15,16)/b8-7+. The van der Waals surface area contributed by atoms with Crippen molar-refractivity contribution in [1.82, 2.24) is 5.32 Å². The molecule has 0 heterocycles. The van der Waals surface area contributed by atoms with Crippen LogP contribution >= 0.6 is 0 Å². The molecule has 1 aromatic carbocycles. The van der Waals surface area contributed by atoms with E-state index in [4.69, 9.17) is 12.2 Å². The molecule has 0 aliphatic rings. The minimum Gasteiger partial charge on any atom is -0.399 e. The van der Waals surface area contributed by atoms with Crippen LogP contribution in [-0.2, 0) is 4.79 Å². The molecule has 0 aliphatic carbocycles. The Morgan fingerprint density at radius 2 is 2.38 bits per heavy atom. The summed E-state index contributed by atoms with van der Waals surface area (Å²) in [6.45, 7) is 1.74. The van der Waals surface area contributed by atoms with Gasteiger partial charge in [0.2, 0.25) is 5.91 Å². The molecule has 1 rings (SSSR count). The molecule has 16 heavy (non-hydrogen) atoms. The summed E-state index contributed by atoms with van der Waals surface area (Å²) in [5.41, 5.74) is 7.15. The minimum absolute atomic E-state index is 0.215. The monoisotopic (exact) mass is 214 g/mol. The Morgan fingerprint density at radius 1 is 1.62 bits per heavy atom. The van der Waals surface area contributed by atoms with E-state index in [1.165, 1.54) is 6.08 Å². The molecule has 0 radical (unpaired) electrons. The number of terminal acetylenes is 1. The number of nitrogens with one attached hydrogen (secondary N) is 1. The summed E-state index contributed by atoms with van der Waals surface area (Å²) in [4.78, 5) is 11.3. The Bertz CT molecular complexity index is 443. The van der Waals surface area contributed by atoms with Crippen molar-refractivity contribution in [3.05, 3.63) is 35.9 Å². The maximum Gasteiger partial charge on any atom is 0.244 e. The van der Waals surface area contributed by atoms with Crippen molar-refractivity contribution in [2.75, 3.05) is 5.73 Å². The van der Waals surface area contributed by atoms with Crippen molar-refractivity contribution in [2.24, 2.45) is 0 Å². The predicted octanol–water partition coefficient (Wildman–Crippen LogP) is 1.42. The molecule has 1 unspecified atom stereocenters. The summed E-state index contributed by atoms with van der Waals surface area (Å²) in [6.07, 6.45) is 8.26. The van der Waals surface area contributed by atoms with Crippen LogP contribution in [0, 0.1) is 12.3 Å². The summed E-state index contributed by atoms with van der Waals surface area (Å²) < 4.78 is 0. The molecule has 0 spiro atoms. The van der Waals surface area contributed by atoms with Crippen LogP contribution in [0.25, 0.3) is 6.08 Å². The largest absolute Gasteiger partial charge is 0.399 e. The van der Waals surface area contributed by atoms with Gasteiger partial charge in [0.25, 0.3) is 0 Å². The fourth-order valence-corrected chi connectivity index (χ4v) is 1.14. The molecular weight excluding hydrogens is 200 g/mol. The molecule has 1 atom stereocenters. The van der Waals surface area contributed by atoms with Crippen LogP contribution in [0.15, 0.2) is 30.3 Å². The van der Waals surface area contributed by atoms with Crippen molar-refractivity contribution < 1.29 is 4.79 Å². The second kappa shape index (κ2) is 5.62. The fourth-order valence-electron chi connectivity index (χ4n) is 1.14. The topological polar surface area (TPSA) is 55.1 Å². The average Bonchev–Trinajstić information content (AvgIpc) is 2.26. The molecule has 0 bridgehead atoms. The zero-order valence-electron chi connectivity index (χ0n) is 9.10. The third-order valence-corrected chi connectivity index (χ3v) is 1.95. The molecule has 0 saturated carbocycles. The van der Waals surface area contributed by atoms with Gasteiger partial charge in [0.05, 0.1) is 6.04 Å². The minimum atomic E-state index is -0.266. The first kappa shape index (κ1) is 11.9. The molecule has 0 aliphatic heterocycles. The van der Waals surface area contributed by atoms with Gasteiger partial charge in [-0.05, 0) is 30.7 Å². The lowest BCUT2D eigenvalue weighted by molar-refractivity contribution is -0.116. The molecule has 0 saturated heterocycles. The lowest BCUT2D eigenvalue weighted by Crippen LogP contribution is -2.29. The van der Waals surface area contributed by atoms with Crippen LogP contribution < -0.4 is 11.1 Å². The molecule has 1 aromatic rings. The van der Waals surface area contributed by atoms with Gasteiger partial charge in [-0.15, -0.1) is 6.42 Å². The second-order valence-corrected chi connectivity index (χ2v) is 3.40. The van der Waals surface area contributed by atoms with Crippen LogP contribution in [0.4, 0.5) is 5.69 Å². The van der Waals surface area contributed by atoms with Gasteiger partial charge in [0.1, 0.15) is 0 Å². The number of carbonyl (C=O) groups excluding carboxylic acids is 1. The molecule has 3 N–H and O–H groups in total. The summed E-state index contributed by atoms with van der Waals surface area (Å²) in [5.74, 6) is 2.20. The molecular formula is C13H14N2O.